The second kappa shape index (κ2) is 8.57. The molecule has 2 unspecified atom stereocenters. The molecule has 1 saturated carbocycles. The van der Waals surface area contributed by atoms with Crippen LogP contribution in [-0.2, 0) is 12.0 Å². The van der Waals surface area contributed by atoms with Gasteiger partial charge in [0.2, 0.25) is 0 Å². The molecule has 4 N–H and O–H groups in total. The maximum Gasteiger partial charge on any atom is 0.126 e. The van der Waals surface area contributed by atoms with Gasteiger partial charge in [-0.15, -0.1) is 0 Å². The lowest BCUT2D eigenvalue weighted by Crippen LogP contribution is -2.51. The molecule has 1 aliphatic rings. The van der Waals surface area contributed by atoms with Crippen molar-refractivity contribution >= 4 is 11.3 Å². The fourth-order valence-corrected chi connectivity index (χ4v) is 4.60. The molecule has 0 saturated heterocycles. The van der Waals surface area contributed by atoms with Crippen molar-refractivity contribution in [3.05, 3.63) is 57.8 Å². The average molecular weight is 381 g/mol. The summed E-state index contributed by atoms with van der Waals surface area (Å²) in [4.78, 5) is 0. The minimum Gasteiger partial charge on any atom is -0.390 e. The number of aliphatic hydroxyl groups excluding tert-OH is 1. The second-order valence-electron chi connectivity index (χ2n) is 7.25. The third kappa shape index (κ3) is 4.68. The summed E-state index contributed by atoms with van der Waals surface area (Å²) >= 11 is 1.68. The number of nitrogens with one attached hydrogen (secondary N) is 1. The van der Waals surface area contributed by atoms with E-state index in [1.165, 1.54) is 24.1 Å². The monoisotopic (exact) mass is 380 g/mol. The highest BCUT2D eigenvalue weighted by molar-refractivity contribution is 7.08. The first-order chi connectivity index (χ1) is 12.5. The van der Waals surface area contributed by atoms with Crippen LogP contribution in [0.15, 0.2) is 35.0 Å². The van der Waals surface area contributed by atoms with Crippen LogP contribution in [0.2, 0.25) is 0 Å². The fourth-order valence-electron chi connectivity index (χ4n) is 3.85. The van der Waals surface area contributed by atoms with E-state index in [0.717, 1.165) is 31.7 Å². The largest absolute Gasteiger partial charge is 0.390 e. The predicted octanol–water partition coefficient (Wildman–Crippen LogP) is 3.71. The number of rotatable bonds is 7. The van der Waals surface area contributed by atoms with Crippen LogP contribution in [0.4, 0.5) is 8.78 Å². The molecule has 1 heterocycles. The highest BCUT2D eigenvalue weighted by Crippen LogP contribution is 2.38. The smallest absolute Gasteiger partial charge is 0.126 e. The van der Waals surface area contributed by atoms with Gasteiger partial charge in [-0.3, -0.25) is 0 Å². The SMILES string of the molecule is NC(Cc1cc(F)cc(F)c1)C(O)CNC1(c2ccsc2)CCCCC1. The zero-order valence-electron chi connectivity index (χ0n) is 14.8. The van der Waals surface area contributed by atoms with Gasteiger partial charge in [0.05, 0.1) is 6.10 Å². The van der Waals surface area contributed by atoms with Gasteiger partial charge in [0.25, 0.3) is 0 Å². The summed E-state index contributed by atoms with van der Waals surface area (Å²) in [5, 5.41) is 18.3. The maximum absolute atomic E-state index is 13.3. The highest BCUT2D eigenvalue weighted by atomic mass is 32.1. The number of benzene rings is 1. The number of nitrogens with two attached hydrogens (primary N) is 1. The highest BCUT2D eigenvalue weighted by Gasteiger charge is 2.34. The van der Waals surface area contributed by atoms with Gasteiger partial charge >= 0.3 is 0 Å². The van der Waals surface area contributed by atoms with E-state index in [9.17, 15) is 13.9 Å². The van der Waals surface area contributed by atoms with E-state index in [1.807, 2.05) is 0 Å². The normalized spacial score (nSPS) is 19.2. The molecule has 0 radical (unpaired) electrons. The van der Waals surface area contributed by atoms with Crippen LogP contribution in [0.1, 0.15) is 43.2 Å². The molecule has 1 fully saturated rings. The molecule has 0 amide bonds. The van der Waals surface area contributed by atoms with Gasteiger partial charge in [-0.05, 0) is 59.3 Å². The van der Waals surface area contributed by atoms with Gasteiger partial charge in [0.15, 0.2) is 0 Å². The van der Waals surface area contributed by atoms with E-state index in [1.54, 1.807) is 11.3 Å². The van der Waals surface area contributed by atoms with E-state index in [-0.39, 0.29) is 12.0 Å². The Bertz CT molecular complexity index is 682. The van der Waals surface area contributed by atoms with Gasteiger partial charge in [0, 0.05) is 24.2 Å². The zero-order chi connectivity index (χ0) is 18.6. The van der Waals surface area contributed by atoms with Crippen molar-refractivity contribution in [1.29, 1.82) is 0 Å². The lowest BCUT2D eigenvalue weighted by Gasteiger charge is -2.39. The molecule has 3 nitrogen and oxygen atoms in total. The molecule has 2 aromatic rings. The van der Waals surface area contributed by atoms with Crippen molar-refractivity contribution in [2.24, 2.45) is 5.73 Å². The summed E-state index contributed by atoms with van der Waals surface area (Å²) in [7, 11) is 0. The molecule has 142 valence electrons. The molecule has 1 aromatic carbocycles. The standard InChI is InChI=1S/C20H26F2N2OS/c21-16-8-14(9-17(22)11-16)10-18(23)19(25)12-24-20(5-2-1-3-6-20)15-4-7-26-13-15/h4,7-9,11,13,18-19,24-25H,1-3,5-6,10,12,23H2. The van der Waals surface area contributed by atoms with Crippen LogP contribution in [0.3, 0.4) is 0 Å². The summed E-state index contributed by atoms with van der Waals surface area (Å²) in [5.74, 6) is -1.25. The summed E-state index contributed by atoms with van der Waals surface area (Å²) in [5.41, 5.74) is 7.72. The zero-order valence-corrected chi connectivity index (χ0v) is 15.6. The molecule has 0 aliphatic heterocycles. The van der Waals surface area contributed by atoms with Crippen molar-refractivity contribution in [3.8, 4) is 0 Å². The van der Waals surface area contributed by atoms with Crippen LogP contribution in [0.25, 0.3) is 0 Å². The third-order valence-electron chi connectivity index (χ3n) is 5.32. The van der Waals surface area contributed by atoms with Gasteiger partial charge < -0.3 is 16.2 Å². The molecule has 2 atom stereocenters. The van der Waals surface area contributed by atoms with E-state index in [2.05, 4.69) is 22.1 Å². The summed E-state index contributed by atoms with van der Waals surface area (Å²) in [6, 6.07) is 4.91. The van der Waals surface area contributed by atoms with Crippen LogP contribution >= 0.6 is 11.3 Å². The minimum atomic E-state index is -0.793. The number of hydrogen-bond donors (Lipinski definition) is 3. The summed E-state index contributed by atoms with van der Waals surface area (Å²) in [6.07, 6.45) is 5.07. The van der Waals surface area contributed by atoms with Gasteiger partial charge in [-0.2, -0.15) is 11.3 Å². The first-order valence-corrected chi connectivity index (χ1v) is 10.1. The molecule has 0 spiro atoms. The average Bonchev–Trinajstić information content (AvgIpc) is 3.15. The molecule has 0 bridgehead atoms. The first-order valence-electron chi connectivity index (χ1n) is 9.15. The number of hydrogen-bond acceptors (Lipinski definition) is 4. The Morgan fingerprint density at radius 1 is 1.15 bits per heavy atom. The molecular formula is C20H26F2N2OS. The first kappa shape index (κ1) is 19.4. The Labute approximate surface area is 157 Å². The van der Waals surface area contributed by atoms with Crippen LogP contribution in [-0.4, -0.2) is 23.8 Å². The Kier molecular flexibility index (Phi) is 6.40. The van der Waals surface area contributed by atoms with E-state index in [0.29, 0.717) is 12.1 Å². The Balaban J connectivity index is 1.62. The summed E-state index contributed by atoms with van der Waals surface area (Å²) < 4.78 is 26.6. The predicted molar refractivity (Wildman–Crippen MR) is 101 cm³/mol. The van der Waals surface area contributed by atoms with E-state index < -0.39 is 23.8 Å². The van der Waals surface area contributed by atoms with E-state index in [4.69, 9.17) is 5.73 Å². The summed E-state index contributed by atoms with van der Waals surface area (Å²) in [6.45, 7) is 0.356. The fraction of sp³-hybridized carbons (Fsp3) is 0.500. The van der Waals surface area contributed by atoms with Crippen molar-refractivity contribution in [3.63, 3.8) is 0 Å². The van der Waals surface area contributed by atoms with Gasteiger partial charge in [0.1, 0.15) is 11.6 Å². The number of thiophene rings is 1. The molecule has 1 aliphatic carbocycles. The number of aliphatic hydroxyl groups is 1. The van der Waals surface area contributed by atoms with Crippen molar-refractivity contribution in [1.82, 2.24) is 5.32 Å². The van der Waals surface area contributed by atoms with Crippen molar-refractivity contribution in [2.45, 2.75) is 56.2 Å². The lowest BCUT2D eigenvalue weighted by atomic mass is 9.77. The molecule has 3 rings (SSSR count). The maximum atomic E-state index is 13.3. The van der Waals surface area contributed by atoms with Crippen molar-refractivity contribution in [2.75, 3.05) is 6.54 Å². The topological polar surface area (TPSA) is 58.3 Å². The van der Waals surface area contributed by atoms with Crippen LogP contribution < -0.4 is 11.1 Å². The van der Waals surface area contributed by atoms with Gasteiger partial charge in [-0.1, -0.05) is 19.3 Å². The van der Waals surface area contributed by atoms with E-state index >= 15 is 0 Å². The Morgan fingerprint density at radius 3 is 2.46 bits per heavy atom. The molecular weight excluding hydrogens is 354 g/mol. The minimum absolute atomic E-state index is 0.107. The van der Waals surface area contributed by atoms with Crippen LogP contribution in [0, 0.1) is 11.6 Å². The quantitative estimate of drug-likeness (QED) is 0.686. The number of halogens is 2. The Morgan fingerprint density at radius 2 is 1.85 bits per heavy atom. The van der Waals surface area contributed by atoms with Gasteiger partial charge in [-0.25, -0.2) is 8.78 Å². The van der Waals surface area contributed by atoms with Crippen LogP contribution in [0.5, 0.6) is 0 Å². The second-order valence-corrected chi connectivity index (χ2v) is 8.03. The Hall–Kier alpha value is -1.34. The molecule has 1 aromatic heterocycles. The molecule has 6 heteroatoms. The van der Waals surface area contributed by atoms with Crippen molar-refractivity contribution < 1.29 is 13.9 Å². The molecule has 26 heavy (non-hydrogen) atoms. The lowest BCUT2D eigenvalue weighted by molar-refractivity contribution is 0.117. The third-order valence-corrected chi connectivity index (χ3v) is 6.00.